The van der Waals surface area contributed by atoms with Crippen molar-refractivity contribution in [3.63, 3.8) is 0 Å². The molecule has 0 aliphatic heterocycles. The van der Waals surface area contributed by atoms with Gasteiger partial charge in [0.05, 0.1) is 0 Å². The molecule has 0 spiro atoms. The molecule has 14 heavy (non-hydrogen) atoms. The molecule has 74 valence electrons. The zero-order valence-corrected chi connectivity index (χ0v) is 8.53. The van der Waals surface area contributed by atoms with Gasteiger partial charge < -0.3 is 9.30 Å². The second-order valence-corrected chi connectivity index (χ2v) is 3.16. The highest BCUT2D eigenvalue weighted by Gasteiger charge is 2.03. The maximum atomic E-state index is 5.71. The third kappa shape index (κ3) is 1.71. The van der Waals surface area contributed by atoms with E-state index in [1.807, 2.05) is 23.8 Å². The number of hydrogen-bond acceptors (Lipinski definition) is 3. The van der Waals surface area contributed by atoms with Crippen molar-refractivity contribution in [2.24, 2.45) is 0 Å². The number of hydrogen-bond donors (Lipinski definition) is 0. The maximum absolute atomic E-state index is 5.71. The molecule has 0 saturated carbocycles. The normalized spacial score (nSPS) is 11.0. The van der Waals surface area contributed by atoms with Gasteiger partial charge in [-0.3, -0.25) is 0 Å². The molecule has 5 heteroatoms. The van der Waals surface area contributed by atoms with E-state index in [0.29, 0.717) is 13.3 Å². The number of nitrogens with zero attached hydrogens (tertiary/aromatic N) is 3. The van der Waals surface area contributed by atoms with Crippen LogP contribution >= 0.6 is 11.6 Å². The molecular weight excluding hydrogens is 202 g/mol. The molecule has 4 nitrogen and oxygen atoms in total. The molecule has 0 saturated heterocycles. The Labute approximate surface area is 86.5 Å². The second kappa shape index (κ2) is 3.94. The van der Waals surface area contributed by atoms with Gasteiger partial charge in [0.25, 0.3) is 0 Å². The Kier molecular flexibility index (Phi) is 2.65. The lowest BCUT2D eigenvalue weighted by Crippen LogP contribution is -2.01. The van der Waals surface area contributed by atoms with E-state index in [1.165, 1.54) is 0 Å². The minimum absolute atomic E-state index is 0.258. The molecule has 0 N–H and O–H groups in total. The number of aromatic nitrogens is 3. The van der Waals surface area contributed by atoms with Crippen molar-refractivity contribution in [1.82, 2.24) is 14.5 Å². The molecule has 0 aliphatic rings. The van der Waals surface area contributed by atoms with Gasteiger partial charge in [0, 0.05) is 24.4 Å². The summed E-state index contributed by atoms with van der Waals surface area (Å²) >= 11 is 5.71. The van der Waals surface area contributed by atoms with Gasteiger partial charge in [0.2, 0.25) is 5.28 Å². The molecule has 0 bridgehead atoms. The Morgan fingerprint density at radius 3 is 3.21 bits per heavy atom. The summed E-state index contributed by atoms with van der Waals surface area (Å²) in [6.07, 6.45) is 3.61. The van der Waals surface area contributed by atoms with Crippen LogP contribution in [0.25, 0.3) is 11.0 Å². The first kappa shape index (κ1) is 9.43. The number of rotatable bonds is 3. The van der Waals surface area contributed by atoms with Crippen LogP contribution in [0.1, 0.15) is 6.92 Å². The van der Waals surface area contributed by atoms with Crippen molar-refractivity contribution >= 4 is 22.6 Å². The van der Waals surface area contributed by atoms with E-state index in [9.17, 15) is 0 Å². The van der Waals surface area contributed by atoms with E-state index < -0.39 is 0 Å². The molecule has 0 unspecified atom stereocenters. The zero-order chi connectivity index (χ0) is 9.97. The Bertz CT molecular complexity index is 441. The van der Waals surface area contributed by atoms with Crippen molar-refractivity contribution in [3.05, 3.63) is 23.7 Å². The fourth-order valence-electron chi connectivity index (χ4n) is 1.24. The highest BCUT2D eigenvalue weighted by molar-refractivity contribution is 6.28. The van der Waals surface area contributed by atoms with E-state index in [1.54, 1.807) is 6.20 Å². The summed E-state index contributed by atoms with van der Waals surface area (Å²) in [7, 11) is 0. The van der Waals surface area contributed by atoms with Crippen LogP contribution in [-0.2, 0) is 11.5 Å². The first-order valence-corrected chi connectivity index (χ1v) is 4.74. The van der Waals surface area contributed by atoms with E-state index in [0.717, 1.165) is 11.0 Å². The maximum Gasteiger partial charge on any atom is 0.224 e. The van der Waals surface area contributed by atoms with Crippen LogP contribution in [0.5, 0.6) is 0 Å². The number of fused-ring (bicyclic) bond motifs is 1. The summed E-state index contributed by atoms with van der Waals surface area (Å²) in [6, 6.07) is 1.94. The van der Waals surface area contributed by atoms with E-state index >= 15 is 0 Å². The Balaban J connectivity index is 2.40. The molecule has 0 fully saturated rings. The summed E-state index contributed by atoms with van der Waals surface area (Å²) < 4.78 is 7.18. The smallest absolute Gasteiger partial charge is 0.224 e. The van der Waals surface area contributed by atoms with Gasteiger partial charge in [-0.1, -0.05) is 0 Å². The van der Waals surface area contributed by atoms with Gasteiger partial charge in [0.15, 0.2) is 0 Å². The summed E-state index contributed by atoms with van der Waals surface area (Å²) in [5, 5.41) is 1.23. The average Bonchev–Trinajstić information content (AvgIpc) is 2.57. The fraction of sp³-hybridized carbons (Fsp3) is 0.333. The molecule has 2 aromatic heterocycles. The zero-order valence-electron chi connectivity index (χ0n) is 7.77. The first-order chi connectivity index (χ1) is 6.81. The monoisotopic (exact) mass is 211 g/mol. The third-order valence-electron chi connectivity index (χ3n) is 1.91. The van der Waals surface area contributed by atoms with Crippen molar-refractivity contribution in [1.29, 1.82) is 0 Å². The van der Waals surface area contributed by atoms with Crippen molar-refractivity contribution in [2.75, 3.05) is 6.61 Å². The molecule has 2 rings (SSSR count). The lowest BCUT2D eigenvalue weighted by Gasteiger charge is -2.03. The van der Waals surface area contributed by atoms with Gasteiger partial charge in [0.1, 0.15) is 12.4 Å². The lowest BCUT2D eigenvalue weighted by atomic mass is 10.4. The van der Waals surface area contributed by atoms with Crippen LogP contribution in [-0.4, -0.2) is 21.1 Å². The SMILES string of the molecule is CCOCn1ccc2cnc(Cl)nc21. The quantitative estimate of drug-likeness (QED) is 0.730. The molecule has 0 radical (unpaired) electrons. The summed E-state index contributed by atoms with van der Waals surface area (Å²) in [4.78, 5) is 8.03. The average molecular weight is 212 g/mol. The predicted octanol–water partition coefficient (Wildman–Crippen LogP) is 2.08. The van der Waals surface area contributed by atoms with Crippen LogP contribution in [0.2, 0.25) is 5.28 Å². The summed E-state index contributed by atoms with van der Waals surface area (Å²) in [5.74, 6) is 0. The van der Waals surface area contributed by atoms with Crippen LogP contribution in [0, 0.1) is 0 Å². The van der Waals surface area contributed by atoms with Gasteiger partial charge in [-0.25, -0.2) is 4.98 Å². The standard InChI is InChI=1S/C9H10ClN3O/c1-2-14-6-13-4-3-7-5-11-9(10)12-8(7)13/h3-5H,2,6H2,1H3. The Morgan fingerprint density at radius 2 is 2.43 bits per heavy atom. The molecule has 2 heterocycles. The molecule has 0 aliphatic carbocycles. The fourth-order valence-corrected chi connectivity index (χ4v) is 1.37. The molecule has 0 amide bonds. The number of ether oxygens (including phenoxy) is 1. The van der Waals surface area contributed by atoms with Gasteiger partial charge >= 0.3 is 0 Å². The van der Waals surface area contributed by atoms with Crippen LogP contribution in [0.4, 0.5) is 0 Å². The highest BCUT2D eigenvalue weighted by atomic mass is 35.5. The number of halogens is 1. The summed E-state index contributed by atoms with van der Waals surface area (Å²) in [6.45, 7) is 3.12. The van der Waals surface area contributed by atoms with E-state index in [2.05, 4.69) is 9.97 Å². The Morgan fingerprint density at radius 1 is 1.57 bits per heavy atom. The van der Waals surface area contributed by atoms with E-state index in [-0.39, 0.29) is 5.28 Å². The van der Waals surface area contributed by atoms with Crippen LogP contribution in [0.3, 0.4) is 0 Å². The van der Waals surface area contributed by atoms with Crippen molar-refractivity contribution in [2.45, 2.75) is 13.7 Å². The van der Waals surface area contributed by atoms with Gasteiger partial charge in [-0.2, -0.15) is 4.98 Å². The lowest BCUT2D eigenvalue weighted by molar-refractivity contribution is 0.0905. The highest BCUT2D eigenvalue weighted by Crippen LogP contribution is 2.14. The van der Waals surface area contributed by atoms with Gasteiger partial charge in [-0.15, -0.1) is 0 Å². The largest absolute Gasteiger partial charge is 0.361 e. The molecule has 0 atom stereocenters. The summed E-state index contributed by atoms with van der Waals surface area (Å²) in [5.41, 5.74) is 0.804. The minimum Gasteiger partial charge on any atom is -0.361 e. The van der Waals surface area contributed by atoms with Gasteiger partial charge in [-0.05, 0) is 24.6 Å². The Hall–Kier alpha value is -1.13. The second-order valence-electron chi connectivity index (χ2n) is 2.83. The van der Waals surface area contributed by atoms with E-state index in [4.69, 9.17) is 16.3 Å². The van der Waals surface area contributed by atoms with Crippen molar-refractivity contribution < 1.29 is 4.74 Å². The first-order valence-electron chi connectivity index (χ1n) is 4.36. The molecule has 2 aromatic rings. The van der Waals surface area contributed by atoms with Crippen molar-refractivity contribution in [3.8, 4) is 0 Å². The third-order valence-corrected chi connectivity index (χ3v) is 2.09. The topological polar surface area (TPSA) is 39.9 Å². The minimum atomic E-state index is 0.258. The van der Waals surface area contributed by atoms with Crippen LogP contribution < -0.4 is 0 Å². The molecular formula is C9H10ClN3O. The molecule has 0 aromatic carbocycles. The van der Waals surface area contributed by atoms with Crippen LogP contribution in [0.15, 0.2) is 18.5 Å². The predicted molar refractivity (Wildman–Crippen MR) is 54.2 cm³/mol.